The van der Waals surface area contributed by atoms with Crippen molar-refractivity contribution in [1.82, 2.24) is 10.6 Å². The van der Waals surface area contributed by atoms with Crippen LogP contribution in [0.1, 0.15) is 44.2 Å². The molecule has 2 fully saturated rings. The van der Waals surface area contributed by atoms with Gasteiger partial charge in [0.05, 0.1) is 12.1 Å². The van der Waals surface area contributed by atoms with Crippen LogP contribution in [0.4, 0.5) is 5.69 Å². The first-order chi connectivity index (χ1) is 10.6. The summed E-state index contributed by atoms with van der Waals surface area (Å²) in [5.41, 5.74) is 2.00. The van der Waals surface area contributed by atoms with Crippen LogP contribution >= 0.6 is 12.4 Å². The summed E-state index contributed by atoms with van der Waals surface area (Å²) in [6.07, 6.45) is 3.55. The molecule has 0 bridgehead atoms. The Labute approximate surface area is 143 Å². The molecule has 1 aromatic carbocycles. The highest BCUT2D eigenvalue weighted by Gasteiger charge is 2.24. The first-order valence-corrected chi connectivity index (χ1v) is 8.09. The van der Waals surface area contributed by atoms with Crippen LogP contribution in [0.2, 0.25) is 0 Å². The fourth-order valence-corrected chi connectivity index (χ4v) is 3.17. The fraction of sp³-hybridized carbons (Fsp3) is 0.529. The van der Waals surface area contributed by atoms with Crippen LogP contribution in [0, 0.1) is 0 Å². The van der Waals surface area contributed by atoms with E-state index in [1.807, 2.05) is 36.1 Å². The second kappa shape index (κ2) is 7.79. The van der Waals surface area contributed by atoms with Crippen molar-refractivity contribution in [1.29, 1.82) is 0 Å². The number of halogens is 1. The summed E-state index contributed by atoms with van der Waals surface area (Å²) in [7, 11) is 0. The molecule has 6 heteroatoms. The Balaban J connectivity index is 0.00000192. The van der Waals surface area contributed by atoms with Gasteiger partial charge in [-0.2, -0.15) is 0 Å². The molecule has 0 radical (unpaired) electrons. The van der Waals surface area contributed by atoms with Crippen molar-refractivity contribution in [3.05, 3.63) is 29.8 Å². The molecule has 3 rings (SSSR count). The molecule has 126 valence electrons. The zero-order valence-electron chi connectivity index (χ0n) is 13.4. The molecule has 2 atom stereocenters. The van der Waals surface area contributed by atoms with Crippen LogP contribution in [0.5, 0.6) is 0 Å². The molecular weight excluding hydrogens is 314 g/mol. The first-order valence-electron chi connectivity index (χ1n) is 8.09. The highest BCUT2D eigenvalue weighted by molar-refractivity contribution is 5.95. The lowest BCUT2D eigenvalue weighted by atomic mass is 10.1. The molecule has 0 saturated carbocycles. The van der Waals surface area contributed by atoms with Gasteiger partial charge in [-0.3, -0.25) is 9.59 Å². The highest BCUT2D eigenvalue weighted by atomic mass is 35.5. The van der Waals surface area contributed by atoms with E-state index in [0.717, 1.165) is 43.6 Å². The van der Waals surface area contributed by atoms with Gasteiger partial charge in [0.15, 0.2) is 0 Å². The summed E-state index contributed by atoms with van der Waals surface area (Å²) in [5, 5.41) is 6.26. The molecule has 23 heavy (non-hydrogen) atoms. The number of amides is 2. The molecule has 2 saturated heterocycles. The predicted molar refractivity (Wildman–Crippen MR) is 92.9 cm³/mol. The average molecular weight is 338 g/mol. The Morgan fingerprint density at radius 3 is 2.61 bits per heavy atom. The number of benzene rings is 1. The van der Waals surface area contributed by atoms with E-state index in [2.05, 4.69) is 10.6 Å². The van der Waals surface area contributed by atoms with Crippen molar-refractivity contribution in [2.24, 2.45) is 0 Å². The van der Waals surface area contributed by atoms with Gasteiger partial charge in [0.25, 0.3) is 0 Å². The van der Waals surface area contributed by atoms with Gasteiger partial charge >= 0.3 is 0 Å². The Bertz CT molecular complexity index is 555. The van der Waals surface area contributed by atoms with Crippen molar-refractivity contribution < 1.29 is 9.59 Å². The summed E-state index contributed by atoms with van der Waals surface area (Å²) in [4.78, 5) is 25.7. The predicted octanol–water partition coefficient (Wildman–Crippen LogP) is 2.16. The molecule has 1 aromatic rings. The van der Waals surface area contributed by atoms with Crippen LogP contribution < -0.4 is 15.5 Å². The maximum atomic E-state index is 12.1. The lowest BCUT2D eigenvalue weighted by Crippen LogP contribution is -2.41. The summed E-state index contributed by atoms with van der Waals surface area (Å²) in [5.74, 6) is 0.269. The van der Waals surface area contributed by atoms with E-state index in [1.165, 1.54) is 0 Å². The van der Waals surface area contributed by atoms with E-state index >= 15 is 0 Å². The van der Waals surface area contributed by atoms with Gasteiger partial charge in [0, 0.05) is 18.7 Å². The molecule has 0 aromatic heterocycles. The number of nitrogens with one attached hydrogen (secondary N) is 2. The minimum atomic E-state index is -0.0519. The molecule has 2 N–H and O–H groups in total. The molecule has 0 aliphatic carbocycles. The molecule has 2 heterocycles. The van der Waals surface area contributed by atoms with Crippen molar-refractivity contribution >= 4 is 29.9 Å². The smallest absolute Gasteiger partial charge is 0.237 e. The summed E-state index contributed by atoms with van der Waals surface area (Å²) < 4.78 is 0. The number of carbonyl (C=O) groups is 2. The van der Waals surface area contributed by atoms with Crippen molar-refractivity contribution in [3.63, 3.8) is 0 Å². The topological polar surface area (TPSA) is 61.4 Å². The lowest BCUT2D eigenvalue weighted by molar-refractivity contribution is -0.123. The average Bonchev–Trinajstić information content (AvgIpc) is 3.18. The minimum absolute atomic E-state index is 0. The zero-order chi connectivity index (χ0) is 15.5. The molecule has 0 spiro atoms. The minimum Gasteiger partial charge on any atom is -0.348 e. The van der Waals surface area contributed by atoms with Crippen molar-refractivity contribution in [3.8, 4) is 0 Å². The molecule has 2 aliphatic heterocycles. The Morgan fingerprint density at radius 1 is 1.30 bits per heavy atom. The summed E-state index contributed by atoms with van der Waals surface area (Å²) >= 11 is 0. The maximum Gasteiger partial charge on any atom is 0.237 e. The van der Waals surface area contributed by atoms with Gasteiger partial charge in [-0.25, -0.2) is 0 Å². The number of rotatable bonds is 4. The third-order valence-electron chi connectivity index (χ3n) is 4.51. The third kappa shape index (κ3) is 4.03. The molecule has 5 nitrogen and oxygen atoms in total. The van der Waals surface area contributed by atoms with Gasteiger partial charge in [0.1, 0.15) is 0 Å². The van der Waals surface area contributed by atoms with Gasteiger partial charge in [-0.1, -0.05) is 12.1 Å². The number of hydrogen-bond acceptors (Lipinski definition) is 3. The van der Waals surface area contributed by atoms with E-state index in [-0.39, 0.29) is 36.3 Å². The van der Waals surface area contributed by atoms with Gasteiger partial charge in [-0.15, -0.1) is 12.4 Å². The summed E-state index contributed by atoms with van der Waals surface area (Å²) in [6.45, 7) is 3.71. The molecular formula is C17H24ClN3O2. The maximum absolute atomic E-state index is 12.1. The van der Waals surface area contributed by atoms with E-state index in [1.54, 1.807) is 0 Å². The van der Waals surface area contributed by atoms with Crippen molar-refractivity contribution in [2.75, 3.05) is 18.0 Å². The standard InChI is InChI=1S/C17H23N3O2.ClH/c1-12(19-17(22)15-4-2-10-18-15)13-6-8-14(9-7-13)20-11-3-5-16(20)21;/h6-9,12,15,18H,2-5,10-11H2,1H3,(H,19,22);1H. The summed E-state index contributed by atoms with van der Waals surface area (Å²) in [6, 6.07) is 7.84. The van der Waals surface area contributed by atoms with Crippen LogP contribution in [0.3, 0.4) is 0 Å². The Hall–Kier alpha value is -1.59. The second-order valence-corrected chi connectivity index (χ2v) is 6.12. The Morgan fingerprint density at radius 2 is 2.04 bits per heavy atom. The number of nitrogens with zero attached hydrogens (tertiary/aromatic N) is 1. The van der Waals surface area contributed by atoms with Gasteiger partial charge in [-0.05, 0) is 50.4 Å². The van der Waals surface area contributed by atoms with Gasteiger partial charge < -0.3 is 15.5 Å². The monoisotopic (exact) mass is 337 g/mol. The van der Waals surface area contributed by atoms with Crippen LogP contribution in [0.15, 0.2) is 24.3 Å². The molecule has 2 unspecified atom stereocenters. The SMILES string of the molecule is CC(NC(=O)C1CCCN1)c1ccc(N2CCCC2=O)cc1.Cl. The van der Waals surface area contributed by atoms with Crippen LogP contribution in [-0.2, 0) is 9.59 Å². The van der Waals surface area contributed by atoms with E-state index < -0.39 is 0 Å². The van der Waals surface area contributed by atoms with Crippen LogP contribution in [-0.4, -0.2) is 30.9 Å². The van der Waals surface area contributed by atoms with Gasteiger partial charge in [0.2, 0.25) is 11.8 Å². The van der Waals surface area contributed by atoms with Crippen LogP contribution in [0.25, 0.3) is 0 Å². The quantitative estimate of drug-likeness (QED) is 0.885. The normalized spacial score (nSPS) is 21.9. The first kappa shape index (κ1) is 17.8. The molecule has 2 aliphatic rings. The number of carbonyl (C=O) groups excluding carboxylic acids is 2. The number of hydrogen-bond donors (Lipinski definition) is 2. The van der Waals surface area contributed by atoms with Crippen molar-refractivity contribution in [2.45, 2.75) is 44.7 Å². The largest absolute Gasteiger partial charge is 0.348 e. The molecule has 2 amide bonds. The third-order valence-corrected chi connectivity index (χ3v) is 4.51. The lowest BCUT2D eigenvalue weighted by Gasteiger charge is -2.20. The van der Waals surface area contributed by atoms with E-state index in [0.29, 0.717) is 6.42 Å². The second-order valence-electron chi connectivity index (χ2n) is 6.12. The highest BCUT2D eigenvalue weighted by Crippen LogP contribution is 2.23. The zero-order valence-corrected chi connectivity index (χ0v) is 14.2. The fourth-order valence-electron chi connectivity index (χ4n) is 3.17. The number of anilines is 1. The Kier molecular flexibility index (Phi) is 6.02. The van der Waals surface area contributed by atoms with E-state index in [4.69, 9.17) is 0 Å². The van der Waals surface area contributed by atoms with E-state index in [9.17, 15) is 9.59 Å².